The van der Waals surface area contributed by atoms with Gasteiger partial charge < -0.3 is 5.73 Å². The predicted molar refractivity (Wildman–Crippen MR) is 64.0 cm³/mol. The summed E-state index contributed by atoms with van der Waals surface area (Å²) in [6.45, 7) is 10.7. The number of hydrogen-bond donors (Lipinski definition) is 1. The summed E-state index contributed by atoms with van der Waals surface area (Å²) in [6.07, 6.45) is 3.89. The molecule has 0 amide bonds. The van der Waals surface area contributed by atoms with Gasteiger partial charge in [0.2, 0.25) is 0 Å². The molecule has 1 atom stereocenters. The highest BCUT2D eigenvalue weighted by Crippen LogP contribution is 2.20. The Bertz CT molecular complexity index is 318. The molecule has 0 radical (unpaired) electrons. The number of aromatic nitrogens is 2. The van der Waals surface area contributed by atoms with Gasteiger partial charge in [-0.05, 0) is 46.1 Å². The zero-order valence-electron chi connectivity index (χ0n) is 10.5. The van der Waals surface area contributed by atoms with Gasteiger partial charge in [0.1, 0.15) is 0 Å². The van der Waals surface area contributed by atoms with Crippen LogP contribution in [0.4, 0.5) is 0 Å². The fourth-order valence-electron chi connectivity index (χ4n) is 1.88. The topological polar surface area (TPSA) is 43.8 Å². The van der Waals surface area contributed by atoms with Gasteiger partial charge in [0, 0.05) is 11.7 Å². The highest BCUT2D eigenvalue weighted by atomic mass is 15.3. The molecule has 1 unspecified atom stereocenters. The molecule has 0 spiro atoms. The van der Waals surface area contributed by atoms with Crippen LogP contribution in [0.2, 0.25) is 0 Å². The first-order valence-corrected chi connectivity index (χ1v) is 5.68. The van der Waals surface area contributed by atoms with E-state index in [1.54, 1.807) is 0 Å². The van der Waals surface area contributed by atoms with Crippen molar-refractivity contribution >= 4 is 0 Å². The van der Waals surface area contributed by atoms with E-state index in [1.165, 1.54) is 11.3 Å². The number of hydrogen-bond acceptors (Lipinski definition) is 2. The normalized spacial score (nSPS) is 14.3. The van der Waals surface area contributed by atoms with E-state index in [1.807, 2.05) is 13.1 Å². The molecule has 0 saturated carbocycles. The summed E-state index contributed by atoms with van der Waals surface area (Å²) in [6, 6.07) is 0.202. The second kappa shape index (κ2) is 4.35. The van der Waals surface area contributed by atoms with Gasteiger partial charge in [-0.1, -0.05) is 6.92 Å². The van der Waals surface area contributed by atoms with Crippen molar-refractivity contribution in [3.05, 3.63) is 17.5 Å². The summed E-state index contributed by atoms with van der Waals surface area (Å²) < 4.78 is 2.12. The van der Waals surface area contributed by atoms with E-state index in [-0.39, 0.29) is 11.6 Å². The Labute approximate surface area is 92.7 Å². The molecule has 3 heteroatoms. The maximum atomic E-state index is 5.83. The SMILES string of the molecule is CCc1c(CC(C)N)cnn1C(C)(C)C. The fourth-order valence-corrected chi connectivity index (χ4v) is 1.88. The molecule has 0 saturated heterocycles. The number of nitrogens with zero attached hydrogens (tertiary/aromatic N) is 2. The van der Waals surface area contributed by atoms with Crippen molar-refractivity contribution in [1.29, 1.82) is 0 Å². The molecule has 0 aliphatic heterocycles. The molecule has 0 aliphatic carbocycles. The molecule has 1 aromatic heterocycles. The van der Waals surface area contributed by atoms with Crippen molar-refractivity contribution < 1.29 is 0 Å². The van der Waals surface area contributed by atoms with E-state index in [0.717, 1.165) is 12.8 Å². The molecule has 15 heavy (non-hydrogen) atoms. The van der Waals surface area contributed by atoms with Gasteiger partial charge in [0.15, 0.2) is 0 Å². The Morgan fingerprint density at radius 1 is 1.47 bits per heavy atom. The summed E-state index contributed by atoms with van der Waals surface area (Å²) >= 11 is 0. The van der Waals surface area contributed by atoms with Crippen LogP contribution in [0.15, 0.2) is 6.20 Å². The first-order valence-electron chi connectivity index (χ1n) is 5.68. The van der Waals surface area contributed by atoms with Gasteiger partial charge >= 0.3 is 0 Å². The van der Waals surface area contributed by atoms with Crippen LogP contribution < -0.4 is 5.73 Å². The molecule has 0 aliphatic rings. The highest BCUT2D eigenvalue weighted by Gasteiger charge is 2.19. The maximum absolute atomic E-state index is 5.83. The van der Waals surface area contributed by atoms with Crippen LogP contribution in [0.1, 0.15) is 45.9 Å². The van der Waals surface area contributed by atoms with E-state index >= 15 is 0 Å². The summed E-state index contributed by atoms with van der Waals surface area (Å²) in [5, 5.41) is 4.47. The van der Waals surface area contributed by atoms with Crippen molar-refractivity contribution in [2.45, 2.75) is 59.0 Å². The average molecular weight is 209 g/mol. The van der Waals surface area contributed by atoms with E-state index in [9.17, 15) is 0 Å². The summed E-state index contributed by atoms with van der Waals surface area (Å²) in [5.74, 6) is 0. The monoisotopic (exact) mass is 209 g/mol. The first-order chi connectivity index (χ1) is 6.86. The van der Waals surface area contributed by atoms with Crippen LogP contribution in [-0.2, 0) is 18.4 Å². The molecule has 0 aromatic carbocycles. The Hall–Kier alpha value is -0.830. The van der Waals surface area contributed by atoms with Gasteiger partial charge in [-0.3, -0.25) is 4.68 Å². The fraction of sp³-hybridized carbons (Fsp3) is 0.750. The largest absolute Gasteiger partial charge is 0.328 e. The molecule has 86 valence electrons. The number of rotatable bonds is 3. The van der Waals surface area contributed by atoms with Crippen LogP contribution in [-0.4, -0.2) is 15.8 Å². The quantitative estimate of drug-likeness (QED) is 0.828. The molecule has 2 N–H and O–H groups in total. The van der Waals surface area contributed by atoms with Gasteiger partial charge in [-0.25, -0.2) is 0 Å². The Morgan fingerprint density at radius 2 is 2.07 bits per heavy atom. The Morgan fingerprint density at radius 3 is 2.47 bits per heavy atom. The van der Waals surface area contributed by atoms with E-state index in [0.29, 0.717) is 0 Å². The summed E-state index contributed by atoms with van der Waals surface area (Å²) in [7, 11) is 0. The van der Waals surface area contributed by atoms with Crippen LogP contribution in [0.5, 0.6) is 0 Å². The van der Waals surface area contributed by atoms with Crippen LogP contribution >= 0.6 is 0 Å². The lowest BCUT2D eigenvalue weighted by Crippen LogP contribution is -2.26. The number of nitrogens with two attached hydrogens (primary N) is 1. The lowest BCUT2D eigenvalue weighted by Gasteiger charge is -2.22. The Kier molecular flexibility index (Phi) is 3.55. The second-order valence-electron chi connectivity index (χ2n) is 5.23. The van der Waals surface area contributed by atoms with Crippen molar-refractivity contribution in [2.24, 2.45) is 5.73 Å². The third kappa shape index (κ3) is 2.81. The predicted octanol–water partition coefficient (Wildman–Crippen LogP) is 2.09. The highest BCUT2D eigenvalue weighted by molar-refractivity contribution is 5.20. The molecule has 0 bridgehead atoms. The van der Waals surface area contributed by atoms with E-state index in [4.69, 9.17) is 5.73 Å². The van der Waals surface area contributed by atoms with Crippen molar-refractivity contribution in [3.8, 4) is 0 Å². The minimum atomic E-state index is 0.0570. The van der Waals surface area contributed by atoms with Crippen LogP contribution in [0, 0.1) is 0 Å². The molecular formula is C12H23N3. The average Bonchev–Trinajstić information content (AvgIpc) is 2.45. The zero-order valence-corrected chi connectivity index (χ0v) is 10.5. The van der Waals surface area contributed by atoms with E-state index < -0.39 is 0 Å². The van der Waals surface area contributed by atoms with Gasteiger partial charge in [0.05, 0.1) is 11.7 Å². The second-order valence-corrected chi connectivity index (χ2v) is 5.23. The smallest absolute Gasteiger partial charge is 0.0546 e. The molecule has 1 heterocycles. The zero-order chi connectivity index (χ0) is 11.6. The molecule has 3 nitrogen and oxygen atoms in total. The van der Waals surface area contributed by atoms with Crippen LogP contribution in [0.25, 0.3) is 0 Å². The Balaban J connectivity index is 3.06. The third-order valence-corrected chi connectivity index (χ3v) is 2.47. The summed E-state index contributed by atoms with van der Waals surface area (Å²) in [4.78, 5) is 0. The molecule has 0 fully saturated rings. The minimum Gasteiger partial charge on any atom is -0.328 e. The lowest BCUT2D eigenvalue weighted by atomic mass is 10.0. The third-order valence-electron chi connectivity index (χ3n) is 2.47. The summed E-state index contributed by atoms with van der Waals surface area (Å²) in [5.41, 5.74) is 8.50. The van der Waals surface area contributed by atoms with Crippen molar-refractivity contribution in [2.75, 3.05) is 0 Å². The van der Waals surface area contributed by atoms with Crippen LogP contribution in [0.3, 0.4) is 0 Å². The lowest BCUT2D eigenvalue weighted by molar-refractivity contribution is 0.344. The van der Waals surface area contributed by atoms with Gasteiger partial charge in [-0.2, -0.15) is 5.10 Å². The molecular weight excluding hydrogens is 186 g/mol. The first kappa shape index (κ1) is 12.2. The van der Waals surface area contributed by atoms with E-state index in [2.05, 4.69) is 37.5 Å². The molecule has 1 aromatic rings. The van der Waals surface area contributed by atoms with Crippen molar-refractivity contribution in [3.63, 3.8) is 0 Å². The minimum absolute atomic E-state index is 0.0570. The standard InChI is InChI=1S/C12H23N3/c1-6-11-10(7-9(2)13)8-14-15(11)12(3,4)5/h8-9H,6-7,13H2,1-5H3. The van der Waals surface area contributed by atoms with Gasteiger partial charge in [0.25, 0.3) is 0 Å². The maximum Gasteiger partial charge on any atom is 0.0546 e. The van der Waals surface area contributed by atoms with Crippen molar-refractivity contribution in [1.82, 2.24) is 9.78 Å². The van der Waals surface area contributed by atoms with Gasteiger partial charge in [-0.15, -0.1) is 0 Å². The molecule has 1 rings (SSSR count).